The number of ether oxygens (including phenoxy) is 1. The number of carbonyl (C=O) groups is 1. The zero-order valence-corrected chi connectivity index (χ0v) is 12.4. The first-order chi connectivity index (χ1) is 10.7. The van der Waals surface area contributed by atoms with Gasteiger partial charge in [0, 0.05) is 17.8 Å². The summed E-state index contributed by atoms with van der Waals surface area (Å²) in [5.74, 6) is 0.669. The van der Waals surface area contributed by atoms with Gasteiger partial charge in [0.2, 0.25) is 0 Å². The van der Waals surface area contributed by atoms with E-state index in [1.54, 1.807) is 0 Å². The maximum atomic E-state index is 12.3. The van der Waals surface area contributed by atoms with Crippen LogP contribution in [0.25, 0.3) is 6.08 Å². The van der Waals surface area contributed by atoms with Gasteiger partial charge in [0.15, 0.2) is 0 Å². The topological polar surface area (TPSA) is 64.4 Å². The average Bonchev–Trinajstić information content (AvgIpc) is 2.54. The van der Waals surface area contributed by atoms with Gasteiger partial charge < -0.3 is 15.8 Å². The molecule has 0 saturated carbocycles. The first-order valence-electron chi connectivity index (χ1n) is 7.20. The fourth-order valence-corrected chi connectivity index (χ4v) is 2.36. The zero-order valence-electron chi connectivity index (χ0n) is 12.4. The van der Waals surface area contributed by atoms with Crippen LogP contribution in [0.5, 0.6) is 5.75 Å². The van der Waals surface area contributed by atoms with Gasteiger partial charge in [-0.1, -0.05) is 23.8 Å². The highest BCUT2D eigenvalue weighted by molar-refractivity contribution is 6.07. The van der Waals surface area contributed by atoms with E-state index in [0.29, 0.717) is 12.1 Å². The minimum absolute atomic E-state index is 0.146. The van der Waals surface area contributed by atoms with Crippen molar-refractivity contribution in [2.24, 2.45) is 5.73 Å². The first kappa shape index (κ1) is 14.4. The van der Waals surface area contributed by atoms with E-state index in [1.165, 1.54) is 0 Å². The van der Waals surface area contributed by atoms with Crippen LogP contribution >= 0.6 is 0 Å². The molecule has 0 bridgehead atoms. The molecule has 0 aromatic heterocycles. The number of fused-ring (bicyclic) bond motifs is 1. The molecular formula is C18H18N2O2. The van der Waals surface area contributed by atoms with Crippen molar-refractivity contribution in [1.29, 1.82) is 0 Å². The highest BCUT2D eigenvalue weighted by Gasteiger charge is 2.17. The lowest BCUT2D eigenvalue weighted by Crippen LogP contribution is -2.21. The Balaban J connectivity index is 1.77. The second kappa shape index (κ2) is 6.03. The Kier molecular flexibility index (Phi) is 3.94. The van der Waals surface area contributed by atoms with Crippen molar-refractivity contribution in [3.8, 4) is 5.75 Å². The number of amides is 1. The SMILES string of the molecule is Cc1ccc2c(c1)C=C(C(=O)Nc1ccc(CN)cc1)CO2. The van der Waals surface area contributed by atoms with Gasteiger partial charge >= 0.3 is 0 Å². The number of carbonyl (C=O) groups excluding carboxylic acids is 1. The van der Waals surface area contributed by atoms with E-state index < -0.39 is 0 Å². The highest BCUT2D eigenvalue weighted by Crippen LogP contribution is 2.27. The lowest BCUT2D eigenvalue weighted by atomic mass is 10.0. The van der Waals surface area contributed by atoms with E-state index in [-0.39, 0.29) is 12.5 Å². The second-order valence-electron chi connectivity index (χ2n) is 5.35. The van der Waals surface area contributed by atoms with E-state index >= 15 is 0 Å². The summed E-state index contributed by atoms with van der Waals surface area (Å²) >= 11 is 0. The molecule has 4 nitrogen and oxygen atoms in total. The van der Waals surface area contributed by atoms with E-state index in [9.17, 15) is 4.79 Å². The third-order valence-electron chi connectivity index (χ3n) is 3.62. The monoisotopic (exact) mass is 294 g/mol. The van der Waals surface area contributed by atoms with Crippen LogP contribution in [0.15, 0.2) is 48.0 Å². The second-order valence-corrected chi connectivity index (χ2v) is 5.35. The molecule has 2 aromatic rings. The Morgan fingerprint density at radius 1 is 1.23 bits per heavy atom. The Morgan fingerprint density at radius 3 is 2.73 bits per heavy atom. The summed E-state index contributed by atoms with van der Waals surface area (Å²) in [6, 6.07) is 13.4. The van der Waals surface area contributed by atoms with Crippen molar-refractivity contribution in [1.82, 2.24) is 0 Å². The molecule has 0 unspecified atom stereocenters. The average molecular weight is 294 g/mol. The summed E-state index contributed by atoms with van der Waals surface area (Å²) in [5, 5.41) is 2.88. The molecule has 0 spiro atoms. The Hall–Kier alpha value is -2.59. The van der Waals surface area contributed by atoms with E-state index in [0.717, 1.165) is 28.1 Å². The predicted octanol–water partition coefficient (Wildman–Crippen LogP) is 2.87. The summed E-state index contributed by atoms with van der Waals surface area (Å²) in [4.78, 5) is 12.3. The van der Waals surface area contributed by atoms with Crippen LogP contribution in [-0.2, 0) is 11.3 Å². The summed E-state index contributed by atoms with van der Waals surface area (Å²) in [6.07, 6.45) is 1.88. The number of nitrogens with one attached hydrogen (secondary N) is 1. The molecule has 112 valence electrons. The third-order valence-corrected chi connectivity index (χ3v) is 3.62. The molecule has 1 aliphatic heterocycles. The van der Waals surface area contributed by atoms with Crippen molar-refractivity contribution >= 4 is 17.7 Å². The fraction of sp³-hybridized carbons (Fsp3) is 0.167. The van der Waals surface area contributed by atoms with Gasteiger partial charge in [-0.3, -0.25) is 4.79 Å². The van der Waals surface area contributed by atoms with Crippen LogP contribution < -0.4 is 15.8 Å². The lowest BCUT2D eigenvalue weighted by molar-refractivity contribution is -0.113. The van der Waals surface area contributed by atoms with Crippen LogP contribution in [-0.4, -0.2) is 12.5 Å². The smallest absolute Gasteiger partial charge is 0.255 e. The molecular weight excluding hydrogens is 276 g/mol. The number of rotatable bonds is 3. The summed E-state index contributed by atoms with van der Waals surface area (Å²) < 4.78 is 5.64. The number of anilines is 1. The van der Waals surface area contributed by atoms with Gasteiger partial charge in [0.25, 0.3) is 5.91 Å². The zero-order chi connectivity index (χ0) is 15.5. The third kappa shape index (κ3) is 3.02. The molecule has 2 aromatic carbocycles. The molecule has 22 heavy (non-hydrogen) atoms. The summed E-state index contributed by atoms with van der Waals surface area (Å²) in [6.45, 7) is 2.79. The van der Waals surface area contributed by atoms with Gasteiger partial charge in [-0.05, 0) is 42.8 Å². The molecule has 3 rings (SSSR count). The van der Waals surface area contributed by atoms with Gasteiger partial charge in [0.05, 0.1) is 5.57 Å². The molecule has 0 atom stereocenters. The van der Waals surface area contributed by atoms with Gasteiger partial charge in [0.1, 0.15) is 12.4 Å². The standard InChI is InChI=1S/C18H18N2O2/c1-12-2-7-17-14(8-12)9-15(11-22-17)18(21)20-16-5-3-13(10-19)4-6-16/h2-9H,10-11,19H2,1H3,(H,20,21). The molecule has 3 N–H and O–H groups in total. The summed E-state index contributed by atoms with van der Waals surface area (Å²) in [5.41, 5.74) is 10.0. The number of hydrogen-bond acceptors (Lipinski definition) is 3. The molecule has 4 heteroatoms. The van der Waals surface area contributed by atoms with Gasteiger partial charge in [-0.15, -0.1) is 0 Å². The predicted molar refractivity (Wildman–Crippen MR) is 87.6 cm³/mol. The minimum atomic E-state index is -0.146. The van der Waals surface area contributed by atoms with Gasteiger partial charge in [-0.2, -0.15) is 0 Å². The quantitative estimate of drug-likeness (QED) is 0.915. The number of aryl methyl sites for hydroxylation is 1. The summed E-state index contributed by atoms with van der Waals surface area (Å²) in [7, 11) is 0. The van der Waals surface area contributed by atoms with Crippen LogP contribution in [0.1, 0.15) is 16.7 Å². The van der Waals surface area contributed by atoms with E-state index in [2.05, 4.69) is 5.32 Å². The van der Waals surface area contributed by atoms with Gasteiger partial charge in [-0.25, -0.2) is 0 Å². The van der Waals surface area contributed by atoms with E-state index in [1.807, 2.05) is 55.5 Å². The largest absolute Gasteiger partial charge is 0.488 e. The molecule has 0 aliphatic carbocycles. The van der Waals surface area contributed by atoms with Crippen molar-refractivity contribution < 1.29 is 9.53 Å². The number of nitrogens with two attached hydrogens (primary N) is 1. The van der Waals surface area contributed by atoms with Crippen molar-refractivity contribution in [3.05, 3.63) is 64.7 Å². The maximum absolute atomic E-state index is 12.3. The lowest BCUT2D eigenvalue weighted by Gasteiger charge is -2.18. The molecule has 0 fully saturated rings. The van der Waals surface area contributed by atoms with Crippen molar-refractivity contribution in [2.75, 3.05) is 11.9 Å². The first-order valence-corrected chi connectivity index (χ1v) is 7.20. The van der Waals surface area contributed by atoms with E-state index in [4.69, 9.17) is 10.5 Å². The minimum Gasteiger partial charge on any atom is -0.488 e. The Morgan fingerprint density at radius 2 is 2.00 bits per heavy atom. The molecule has 0 saturated heterocycles. The normalized spacial score (nSPS) is 12.9. The Labute approximate surface area is 129 Å². The molecule has 0 radical (unpaired) electrons. The van der Waals surface area contributed by atoms with Crippen LogP contribution in [0.2, 0.25) is 0 Å². The Bertz CT molecular complexity index is 733. The van der Waals surface area contributed by atoms with Crippen molar-refractivity contribution in [2.45, 2.75) is 13.5 Å². The van der Waals surface area contributed by atoms with Crippen LogP contribution in [0.3, 0.4) is 0 Å². The number of hydrogen-bond donors (Lipinski definition) is 2. The van der Waals surface area contributed by atoms with Crippen molar-refractivity contribution in [3.63, 3.8) is 0 Å². The molecule has 1 amide bonds. The number of benzene rings is 2. The molecule has 1 heterocycles. The van der Waals surface area contributed by atoms with Crippen LogP contribution in [0, 0.1) is 6.92 Å². The maximum Gasteiger partial charge on any atom is 0.255 e. The molecule has 1 aliphatic rings. The van der Waals surface area contributed by atoms with Crippen LogP contribution in [0.4, 0.5) is 5.69 Å². The highest BCUT2D eigenvalue weighted by atomic mass is 16.5. The fourth-order valence-electron chi connectivity index (χ4n) is 2.36.